The van der Waals surface area contributed by atoms with Crippen LogP contribution >= 0.6 is 0 Å². The molecule has 7 nitrogen and oxygen atoms in total. The molecule has 3 rings (SSSR count). The Kier molecular flexibility index (Phi) is 7.10. The predicted octanol–water partition coefficient (Wildman–Crippen LogP) is 5.00. The smallest absolute Gasteiger partial charge is 0.337 e. The molecule has 0 saturated heterocycles. The van der Waals surface area contributed by atoms with Crippen LogP contribution in [-0.2, 0) is 26.0 Å². The largest absolute Gasteiger partial charge is 0.493 e. The third-order valence-electron chi connectivity index (χ3n) is 5.63. The SMILES string of the molecule is CCS(=O)(=O)Nc1cc(C)c(-c2ccc3c(c2)CCCO3)c(C(OC(C)(C)C)C(=O)O)c1C. The van der Waals surface area contributed by atoms with Crippen LogP contribution in [0.2, 0.25) is 0 Å². The maximum Gasteiger partial charge on any atom is 0.337 e. The fourth-order valence-corrected chi connectivity index (χ4v) is 4.79. The number of carbonyl (C=O) groups is 1. The van der Waals surface area contributed by atoms with Crippen molar-refractivity contribution in [3.05, 3.63) is 46.5 Å². The second-order valence-electron chi connectivity index (χ2n) is 9.38. The zero-order valence-corrected chi connectivity index (χ0v) is 20.9. The van der Waals surface area contributed by atoms with Crippen LogP contribution in [0.4, 0.5) is 5.69 Å². The summed E-state index contributed by atoms with van der Waals surface area (Å²) >= 11 is 0. The monoisotopic (exact) mass is 475 g/mol. The molecule has 0 aliphatic carbocycles. The standard InChI is InChI=1S/C25H33NO6S/c1-7-33(29,30)26-19-13-15(2)21(18-10-11-20-17(14-18)9-8-12-31-20)22(16(19)3)23(24(27)28)32-25(4,5)6/h10-11,13-14,23,26H,7-9,12H2,1-6H3,(H,27,28). The highest BCUT2D eigenvalue weighted by atomic mass is 32.2. The lowest BCUT2D eigenvalue weighted by atomic mass is 9.86. The second kappa shape index (κ2) is 9.35. The van der Waals surface area contributed by atoms with Crippen LogP contribution in [0.5, 0.6) is 5.75 Å². The van der Waals surface area contributed by atoms with Gasteiger partial charge in [-0.05, 0) is 100 Å². The van der Waals surface area contributed by atoms with Crippen LogP contribution in [0, 0.1) is 13.8 Å². The summed E-state index contributed by atoms with van der Waals surface area (Å²) in [7, 11) is -3.55. The Morgan fingerprint density at radius 1 is 1.24 bits per heavy atom. The number of carboxylic acids is 1. The Labute approximate surface area is 196 Å². The molecule has 2 N–H and O–H groups in total. The average Bonchev–Trinajstić information content (AvgIpc) is 2.73. The number of ether oxygens (including phenoxy) is 2. The van der Waals surface area contributed by atoms with Gasteiger partial charge in [-0.15, -0.1) is 0 Å². The molecule has 1 unspecified atom stereocenters. The number of anilines is 1. The van der Waals surface area contributed by atoms with Crippen molar-refractivity contribution in [1.29, 1.82) is 0 Å². The van der Waals surface area contributed by atoms with Crippen LogP contribution in [0.25, 0.3) is 11.1 Å². The maximum absolute atomic E-state index is 12.4. The lowest BCUT2D eigenvalue weighted by molar-refractivity contribution is -0.160. The number of benzene rings is 2. The molecule has 1 aliphatic heterocycles. The first-order chi connectivity index (χ1) is 15.3. The molecular formula is C25H33NO6S. The molecule has 0 bridgehead atoms. The van der Waals surface area contributed by atoms with Crippen LogP contribution < -0.4 is 9.46 Å². The van der Waals surface area contributed by atoms with Crippen LogP contribution in [0.3, 0.4) is 0 Å². The lowest BCUT2D eigenvalue weighted by Gasteiger charge is -2.30. The summed E-state index contributed by atoms with van der Waals surface area (Å²) in [5, 5.41) is 10.2. The third-order valence-corrected chi connectivity index (χ3v) is 6.92. The molecule has 1 heterocycles. The Morgan fingerprint density at radius 3 is 2.55 bits per heavy atom. The Hall–Kier alpha value is -2.58. The Bertz CT molecular complexity index is 1160. The topological polar surface area (TPSA) is 102 Å². The zero-order valence-electron chi connectivity index (χ0n) is 20.1. The average molecular weight is 476 g/mol. The fourth-order valence-electron chi connectivity index (χ4n) is 4.10. The summed E-state index contributed by atoms with van der Waals surface area (Å²) in [5.41, 5.74) is 4.01. The molecule has 180 valence electrons. The molecule has 0 radical (unpaired) electrons. The van der Waals surface area contributed by atoms with Crippen molar-refractivity contribution < 1.29 is 27.8 Å². The van der Waals surface area contributed by atoms with Gasteiger partial charge in [0.25, 0.3) is 0 Å². The number of aryl methyl sites for hydroxylation is 2. The third kappa shape index (κ3) is 5.68. The van der Waals surface area contributed by atoms with Gasteiger partial charge in [-0.3, -0.25) is 4.72 Å². The summed E-state index contributed by atoms with van der Waals surface area (Å²) < 4.78 is 39.0. The lowest BCUT2D eigenvalue weighted by Crippen LogP contribution is -2.29. The molecule has 0 amide bonds. The van der Waals surface area contributed by atoms with E-state index in [-0.39, 0.29) is 5.75 Å². The molecule has 0 fully saturated rings. The van der Waals surface area contributed by atoms with E-state index in [1.807, 2.05) is 25.1 Å². The van der Waals surface area contributed by atoms with E-state index in [2.05, 4.69) is 4.72 Å². The van der Waals surface area contributed by atoms with Crippen molar-refractivity contribution in [3.8, 4) is 16.9 Å². The first-order valence-electron chi connectivity index (χ1n) is 11.1. The number of fused-ring (bicyclic) bond motifs is 1. The van der Waals surface area contributed by atoms with Gasteiger partial charge in [0.1, 0.15) is 5.75 Å². The number of rotatable bonds is 7. The molecule has 2 aromatic rings. The number of carboxylic acid groups (broad SMARTS) is 1. The highest BCUT2D eigenvalue weighted by Gasteiger charge is 2.33. The molecule has 8 heteroatoms. The minimum absolute atomic E-state index is 0.0890. The highest BCUT2D eigenvalue weighted by molar-refractivity contribution is 7.92. The number of nitrogens with one attached hydrogen (secondary N) is 1. The minimum atomic E-state index is -3.55. The summed E-state index contributed by atoms with van der Waals surface area (Å²) in [4.78, 5) is 12.4. The first kappa shape index (κ1) is 25.1. The molecule has 1 aliphatic rings. The van der Waals surface area contributed by atoms with E-state index in [0.717, 1.165) is 40.8 Å². The fraction of sp³-hybridized carbons (Fsp3) is 0.480. The first-order valence-corrected chi connectivity index (χ1v) is 12.8. The van der Waals surface area contributed by atoms with Gasteiger partial charge in [-0.1, -0.05) is 6.07 Å². The summed E-state index contributed by atoms with van der Waals surface area (Å²) in [6.07, 6.45) is 0.521. The van der Waals surface area contributed by atoms with Gasteiger partial charge < -0.3 is 14.6 Å². The molecule has 0 saturated carbocycles. The molecular weight excluding hydrogens is 442 g/mol. The van der Waals surface area contributed by atoms with E-state index in [4.69, 9.17) is 9.47 Å². The van der Waals surface area contributed by atoms with Gasteiger partial charge in [0, 0.05) is 5.56 Å². The minimum Gasteiger partial charge on any atom is -0.493 e. The summed E-state index contributed by atoms with van der Waals surface area (Å²) in [6.45, 7) is 11.2. The maximum atomic E-state index is 12.4. The number of sulfonamides is 1. The van der Waals surface area contributed by atoms with Gasteiger partial charge >= 0.3 is 5.97 Å². The molecule has 0 aromatic heterocycles. The van der Waals surface area contributed by atoms with E-state index < -0.39 is 27.7 Å². The summed E-state index contributed by atoms with van der Waals surface area (Å²) in [6, 6.07) is 7.62. The molecule has 2 aromatic carbocycles. The van der Waals surface area contributed by atoms with Gasteiger partial charge in [-0.2, -0.15) is 0 Å². The number of hydrogen-bond acceptors (Lipinski definition) is 5. The number of hydrogen-bond donors (Lipinski definition) is 2. The second-order valence-corrected chi connectivity index (χ2v) is 11.4. The van der Waals surface area contributed by atoms with E-state index in [9.17, 15) is 18.3 Å². The summed E-state index contributed by atoms with van der Waals surface area (Å²) in [5.74, 6) is -0.381. The molecule has 1 atom stereocenters. The van der Waals surface area contributed by atoms with E-state index in [1.165, 1.54) is 0 Å². The highest BCUT2D eigenvalue weighted by Crippen LogP contribution is 2.42. The van der Waals surface area contributed by atoms with Gasteiger partial charge in [-0.25, -0.2) is 13.2 Å². The van der Waals surface area contributed by atoms with E-state index in [0.29, 0.717) is 23.4 Å². The van der Waals surface area contributed by atoms with Crippen LogP contribution in [0.1, 0.15) is 62.5 Å². The van der Waals surface area contributed by atoms with E-state index >= 15 is 0 Å². The van der Waals surface area contributed by atoms with E-state index in [1.54, 1.807) is 40.7 Å². The van der Waals surface area contributed by atoms with Gasteiger partial charge in [0.2, 0.25) is 10.0 Å². The quantitative estimate of drug-likeness (QED) is 0.584. The van der Waals surface area contributed by atoms with Crippen molar-refractivity contribution >= 4 is 21.7 Å². The van der Waals surface area contributed by atoms with Crippen molar-refractivity contribution in [3.63, 3.8) is 0 Å². The Morgan fingerprint density at radius 2 is 1.94 bits per heavy atom. The van der Waals surface area contributed by atoms with Gasteiger partial charge in [0.15, 0.2) is 6.10 Å². The number of aliphatic carboxylic acids is 1. The van der Waals surface area contributed by atoms with Crippen molar-refractivity contribution in [1.82, 2.24) is 0 Å². The van der Waals surface area contributed by atoms with Crippen molar-refractivity contribution in [2.45, 2.75) is 66.1 Å². The molecule has 0 spiro atoms. The van der Waals surface area contributed by atoms with Crippen molar-refractivity contribution in [2.75, 3.05) is 17.1 Å². The van der Waals surface area contributed by atoms with Crippen molar-refractivity contribution in [2.24, 2.45) is 0 Å². The van der Waals surface area contributed by atoms with Crippen LogP contribution in [0.15, 0.2) is 24.3 Å². The normalized spacial score (nSPS) is 14.8. The molecule has 33 heavy (non-hydrogen) atoms. The predicted molar refractivity (Wildman–Crippen MR) is 129 cm³/mol. The zero-order chi connectivity index (χ0) is 24.6. The Balaban J connectivity index is 2.30. The van der Waals surface area contributed by atoms with Crippen LogP contribution in [-0.4, -0.2) is 37.5 Å². The van der Waals surface area contributed by atoms with Gasteiger partial charge in [0.05, 0.1) is 23.6 Å².